The highest BCUT2D eigenvalue weighted by atomic mass is 16.6. The van der Waals surface area contributed by atoms with E-state index in [4.69, 9.17) is 9.47 Å². The average Bonchev–Trinajstić information content (AvgIpc) is 2.88. The van der Waals surface area contributed by atoms with Crippen molar-refractivity contribution in [3.63, 3.8) is 0 Å². The molecule has 0 atom stereocenters. The van der Waals surface area contributed by atoms with E-state index < -0.39 is 5.97 Å². The van der Waals surface area contributed by atoms with Crippen LogP contribution in [0.4, 0.5) is 5.69 Å². The number of aryl methyl sites for hydroxylation is 2. The van der Waals surface area contributed by atoms with Gasteiger partial charge in [0.1, 0.15) is 5.75 Å². The highest BCUT2D eigenvalue weighted by Gasteiger charge is 2.38. The maximum atomic E-state index is 12.4. The third-order valence-electron chi connectivity index (χ3n) is 5.30. The van der Waals surface area contributed by atoms with Crippen LogP contribution in [0.3, 0.4) is 0 Å². The van der Waals surface area contributed by atoms with Crippen molar-refractivity contribution >= 4 is 17.4 Å². The lowest BCUT2D eigenvalue weighted by molar-refractivity contribution is -0.148. The zero-order valence-electron chi connectivity index (χ0n) is 17.6. The summed E-state index contributed by atoms with van der Waals surface area (Å²) in [7, 11) is 1.94. The molecule has 0 spiro atoms. The largest absolute Gasteiger partial charge is 0.482 e. The Labute approximate surface area is 171 Å². The Bertz CT molecular complexity index is 975. The standard InChI is InChI=1S/C24H27NO4/c1-16-10-11-17(2)21(12-16)28-15-23(27)29-14-18(26)13-22-24(3,4)19-8-6-7-9-20(19)25(22)5/h6-13H,14-15H2,1-5H3. The molecule has 2 aromatic carbocycles. The van der Waals surface area contributed by atoms with Crippen molar-refractivity contribution < 1.29 is 19.1 Å². The van der Waals surface area contributed by atoms with Crippen LogP contribution in [0, 0.1) is 13.8 Å². The van der Waals surface area contributed by atoms with Gasteiger partial charge in [0, 0.05) is 29.9 Å². The van der Waals surface area contributed by atoms with E-state index >= 15 is 0 Å². The fourth-order valence-electron chi connectivity index (χ4n) is 3.65. The van der Waals surface area contributed by atoms with E-state index in [9.17, 15) is 9.59 Å². The maximum Gasteiger partial charge on any atom is 0.344 e. The molecule has 0 fully saturated rings. The number of esters is 1. The predicted molar refractivity (Wildman–Crippen MR) is 113 cm³/mol. The van der Waals surface area contributed by atoms with E-state index in [1.807, 2.05) is 62.2 Å². The molecule has 0 aromatic heterocycles. The number of carbonyl (C=O) groups excluding carboxylic acids is 2. The van der Waals surface area contributed by atoms with E-state index in [1.165, 1.54) is 5.56 Å². The van der Waals surface area contributed by atoms with Crippen molar-refractivity contribution in [2.24, 2.45) is 0 Å². The number of likely N-dealkylation sites (N-methyl/N-ethyl adjacent to an activating group) is 1. The number of hydrogen-bond donors (Lipinski definition) is 0. The number of carbonyl (C=O) groups is 2. The SMILES string of the molecule is Cc1ccc(C)c(OCC(=O)OCC(=O)C=C2N(C)c3ccccc3C2(C)C)c1. The molecular formula is C24H27NO4. The first-order valence-electron chi connectivity index (χ1n) is 9.64. The lowest BCUT2D eigenvalue weighted by Crippen LogP contribution is -2.25. The second-order valence-corrected chi connectivity index (χ2v) is 7.92. The first kappa shape index (κ1) is 20.6. The molecule has 0 saturated carbocycles. The van der Waals surface area contributed by atoms with Gasteiger partial charge in [0.15, 0.2) is 19.0 Å². The minimum atomic E-state index is -0.569. The molecule has 3 rings (SSSR count). The molecule has 0 radical (unpaired) electrons. The number of para-hydroxylation sites is 1. The zero-order valence-corrected chi connectivity index (χ0v) is 17.6. The normalized spacial score (nSPS) is 15.9. The van der Waals surface area contributed by atoms with Gasteiger partial charge in [0.05, 0.1) is 0 Å². The summed E-state index contributed by atoms with van der Waals surface area (Å²) in [5, 5.41) is 0. The van der Waals surface area contributed by atoms with Gasteiger partial charge in [0.25, 0.3) is 0 Å². The summed E-state index contributed by atoms with van der Waals surface area (Å²) < 4.78 is 10.6. The lowest BCUT2D eigenvalue weighted by atomic mass is 9.83. The third kappa shape index (κ3) is 4.34. The highest BCUT2D eigenvalue weighted by molar-refractivity contribution is 5.94. The van der Waals surface area contributed by atoms with Gasteiger partial charge in [-0.1, -0.05) is 44.2 Å². The molecule has 152 valence electrons. The number of hydrogen-bond acceptors (Lipinski definition) is 5. The number of ether oxygens (including phenoxy) is 2. The van der Waals surface area contributed by atoms with Gasteiger partial charge < -0.3 is 14.4 Å². The van der Waals surface area contributed by atoms with Gasteiger partial charge in [-0.25, -0.2) is 4.79 Å². The molecule has 1 heterocycles. The van der Waals surface area contributed by atoms with Crippen LogP contribution in [-0.4, -0.2) is 32.0 Å². The number of anilines is 1. The van der Waals surface area contributed by atoms with Gasteiger partial charge in [-0.3, -0.25) is 4.79 Å². The van der Waals surface area contributed by atoms with Gasteiger partial charge in [-0.2, -0.15) is 0 Å². The minimum absolute atomic E-state index is 0.231. The van der Waals surface area contributed by atoms with Crippen molar-refractivity contribution in [1.29, 1.82) is 0 Å². The van der Waals surface area contributed by atoms with Crippen LogP contribution in [0.1, 0.15) is 30.5 Å². The van der Waals surface area contributed by atoms with Crippen molar-refractivity contribution in [2.75, 3.05) is 25.2 Å². The first-order valence-corrected chi connectivity index (χ1v) is 9.64. The van der Waals surface area contributed by atoms with Crippen molar-refractivity contribution in [3.8, 4) is 5.75 Å². The summed E-state index contributed by atoms with van der Waals surface area (Å²) in [4.78, 5) is 26.4. The van der Waals surface area contributed by atoms with E-state index in [1.54, 1.807) is 6.08 Å². The zero-order chi connectivity index (χ0) is 21.2. The van der Waals surface area contributed by atoms with E-state index in [2.05, 4.69) is 19.9 Å². The Hall–Kier alpha value is -3.08. The third-order valence-corrected chi connectivity index (χ3v) is 5.30. The number of fused-ring (bicyclic) bond motifs is 1. The minimum Gasteiger partial charge on any atom is -0.482 e. The van der Waals surface area contributed by atoms with Crippen molar-refractivity contribution in [1.82, 2.24) is 0 Å². The van der Waals surface area contributed by atoms with Crippen molar-refractivity contribution in [2.45, 2.75) is 33.1 Å². The Balaban J connectivity index is 1.58. The molecule has 0 saturated heterocycles. The Morgan fingerprint density at radius 1 is 1.07 bits per heavy atom. The smallest absolute Gasteiger partial charge is 0.344 e. The van der Waals surface area contributed by atoms with Crippen LogP contribution in [0.25, 0.3) is 0 Å². The molecule has 29 heavy (non-hydrogen) atoms. The topological polar surface area (TPSA) is 55.8 Å². The Morgan fingerprint density at radius 2 is 1.79 bits per heavy atom. The van der Waals surface area contributed by atoms with E-state index in [0.717, 1.165) is 22.5 Å². The molecule has 0 unspecified atom stereocenters. The molecule has 0 N–H and O–H groups in total. The van der Waals surface area contributed by atoms with Gasteiger partial charge in [0.2, 0.25) is 0 Å². The number of rotatable bonds is 6. The summed E-state index contributed by atoms with van der Waals surface area (Å²) in [5.74, 6) is -0.185. The maximum absolute atomic E-state index is 12.4. The van der Waals surface area contributed by atoms with Crippen LogP contribution in [-0.2, 0) is 19.7 Å². The fraction of sp³-hybridized carbons (Fsp3) is 0.333. The van der Waals surface area contributed by atoms with Crippen LogP contribution in [0.2, 0.25) is 0 Å². The molecule has 5 heteroatoms. The van der Waals surface area contributed by atoms with E-state index in [-0.39, 0.29) is 24.4 Å². The quantitative estimate of drug-likeness (QED) is 0.546. The number of benzene rings is 2. The van der Waals surface area contributed by atoms with Crippen LogP contribution < -0.4 is 9.64 Å². The number of ketones is 1. The molecule has 2 aromatic rings. The first-order chi connectivity index (χ1) is 13.7. The average molecular weight is 393 g/mol. The van der Waals surface area contributed by atoms with Gasteiger partial charge in [-0.15, -0.1) is 0 Å². The summed E-state index contributed by atoms with van der Waals surface area (Å²) in [6, 6.07) is 13.9. The second kappa shape index (κ2) is 8.11. The molecule has 1 aliphatic rings. The summed E-state index contributed by atoms with van der Waals surface area (Å²) >= 11 is 0. The number of nitrogens with zero attached hydrogens (tertiary/aromatic N) is 1. The fourth-order valence-corrected chi connectivity index (χ4v) is 3.65. The highest BCUT2D eigenvalue weighted by Crippen LogP contribution is 2.46. The Morgan fingerprint density at radius 3 is 2.52 bits per heavy atom. The molecule has 5 nitrogen and oxygen atoms in total. The number of allylic oxidation sites excluding steroid dienone is 1. The molecule has 1 aliphatic heterocycles. The van der Waals surface area contributed by atoms with E-state index in [0.29, 0.717) is 5.75 Å². The summed E-state index contributed by atoms with van der Waals surface area (Å²) in [6.07, 6.45) is 1.57. The van der Waals surface area contributed by atoms with Crippen molar-refractivity contribution in [3.05, 3.63) is 70.9 Å². The molecule has 0 bridgehead atoms. The summed E-state index contributed by atoms with van der Waals surface area (Å²) in [5.41, 5.74) is 4.82. The lowest BCUT2D eigenvalue weighted by Gasteiger charge is -2.23. The van der Waals surface area contributed by atoms with Crippen LogP contribution in [0.5, 0.6) is 5.75 Å². The molecule has 0 amide bonds. The Kier molecular flexibility index (Phi) is 5.78. The second-order valence-electron chi connectivity index (χ2n) is 7.92. The van der Waals surface area contributed by atoms with Gasteiger partial charge >= 0.3 is 5.97 Å². The van der Waals surface area contributed by atoms with Crippen LogP contribution >= 0.6 is 0 Å². The molecular weight excluding hydrogens is 366 g/mol. The molecule has 0 aliphatic carbocycles. The van der Waals surface area contributed by atoms with Gasteiger partial charge in [-0.05, 0) is 42.7 Å². The monoisotopic (exact) mass is 393 g/mol. The van der Waals surface area contributed by atoms with Crippen LogP contribution in [0.15, 0.2) is 54.2 Å². The predicted octanol–water partition coefficient (Wildman–Crippen LogP) is 4.11. The summed E-state index contributed by atoms with van der Waals surface area (Å²) in [6.45, 7) is 7.49.